The minimum absolute atomic E-state index is 0.00386. The highest BCUT2D eigenvalue weighted by molar-refractivity contribution is 6.31. The lowest BCUT2D eigenvalue weighted by molar-refractivity contribution is -0.0435. The first-order valence-corrected chi connectivity index (χ1v) is 5.52. The molecule has 0 saturated heterocycles. The van der Waals surface area contributed by atoms with E-state index < -0.39 is 24.1 Å². The molecular formula is C12H13ClFNO2. The van der Waals surface area contributed by atoms with Crippen molar-refractivity contribution in [3.05, 3.63) is 34.6 Å². The van der Waals surface area contributed by atoms with Gasteiger partial charge in [0.2, 0.25) is 0 Å². The molecule has 5 heteroatoms. The van der Waals surface area contributed by atoms with Crippen molar-refractivity contribution in [2.75, 3.05) is 0 Å². The van der Waals surface area contributed by atoms with Crippen LogP contribution in [0.1, 0.15) is 25.5 Å². The highest BCUT2D eigenvalue weighted by Crippen LogP contribution is 2.29. The van der Waals surface area contributed by atoms with E-state index in [1.54, 1.807) is 6.92 Å². The van der Waals surface area contributed by atoms with Crippen molar-refractivity contribution in [1.29, 1.82) is 5.26 Å². The minimum atomic E-state index is -1.13. The minimum Gasteiger partial charge on any atom is -0.391 e. The van der Waals surface area contributed by atoms with Crippen LogP contribution in [-0.2, 0) is 4.74 Å². The van der Waals surface area contributed by atoms with Crippen LogP contribution in [0, 0.1) is 17.1 Å². The van der Waals surface area contributed by atoms with Gasteiger partial charge in [-0.2, -0.15) is 5.26 Å². The van der Waals surface area contributed by atoms with Gasteiger partial charge in [-0.15, -0.1) is 0 Å². The van der Waals surface area contributed by atoms with Crippen LogP contribution in [0.4, 0.5) is 4.39 Å². The molecule has 0 spiro atoms. The summed E-state index contributed by atoms with van der Waals surface area (Å²) in [5.41, 5.74) is 0.00386. The zero-order valence-electron chi connectivity index (χ0n) is 9.52. The second-order valence-electron chi connectivity index (χ2n) is 3.73. The number of rotatable bonds is 4. The fourth-order valence-corrected chi connectivity index (χ4v) is 1.51. The van der Waals surface area contributed by atoms with E-state index in [0.717, 1.165) is 0 Å². The van der Waals surface area contributed by atoms with Gasteiger partial charge in [-0.3, -0.25) is 0 Å². The zero-order valence-corrected chi connectivity index (χ0v) is 10.3. The topological polar surface area (TPSA) is 53.2 Å². The molecule has 0 fully saturated rings. The smallest absolute Gasteiger partial charge is 0.173 e. The van der Waals surface area contributed by atoms with Crippen LogP contribution >= 0.6 is 11.6 Å². The molecular weight excluding hydrogens is 245 g/mol. The quantitative estimate of drug-likeness (QED) is 0.902. The predicted molar refractivity (Wildman–Crippen MR) is 62.0 cm³/mol. The second-order valence-corrected chi connectivity index (χ2v) is 4.13. The van der Waals surface area contributed by atoms with E-state index in [0.29, 0.717) is 0 Å². The van der Waals surface area contributed by atoms with Crippen molar-refractivity contribution < 1.29 is 14.2 Å². The Balaban J connectivity index is 2.99. The van der Waals surface area contributed by atoms with Crippen LogP contribution in [0.15, 0.2) is 18.2 Å². The molecule has 1 N–H and O–H groups in total. The van der Waals surface area contributed by atoms with E-state index in [1.165, 1.54) is 25.1 Å². The maximum absolute atomic E-state index is 13.6. The van der Waals surface area contributed by atoms with Crippen LogP contribution in [-0.4, -0.2) is 17.3 Å². The van der Waals surface area contributed by atoms with Crippen LogP contribution in [0.25, 0.3) is 0 Å². The van der Waals surface area contributed by atoms with Gasteiger partial charge in [0.15, 0.2) is 6.10 Å². The lowest BCUT2D eigenvalue weighted by Crippen LogP contribution is -2.25. The average Bonchev–Trinajstić information content (AvgIpc) is 2.26. The Morgan fingerprint density at radius 2 is 2.12 bits per heavy atom. The summed E-state index contributed by atoms with van der Waals surface area (Å²) >= 11 is 5.83. The van der Waals surface area contributed by atoms with Crippen molar-refractivity contribution in [3.8, 4) is 6.07 Å². The number of hydrogen-bond acceptors (Lipinski definition) is 3. The number of hydrogen-bond donors (Lipinski definition) is 1. The summed E-state index contributed by atoms with van der Waals surface area (Å²) in [4.78, 5) is 0. The Morgan fingerprint density at radius 1 is 1.47 bits per heavy atom. The third-order valence-corrected chi connectivity index (χ3v) is 2.74. The molecule has 0 aliphatic carbocycles. The van der Waals surface area contributed by atoms with Crippen LogP contribution in [0.5, 0.6) is 0 Å². The molecule has 92 valence electrons. The van der Waals surface area contributed by atoms with Gasteiger partial charge in [-0.05, 0) is 26.0 Å². The van der Waals surface area contributed by atoms with E-state index in [4.69, 9.17) is 21.6 Å². The molecule has 0 amide bonds. The van der Waals surface area contributed by atoms with E-state index in [1.807, 2.05) is 6.07 Å². The third kappa shape index (κ3) is 3.40. The van der Waals surface area contributed by atoms with Gasteiger partial charge in [0, 0.05) is 5.56 Å². The normalized spacial score (nSPS) is 16.0. The number of benzene rings is 1. The van der Waals surface area contributed by atoms with Gasteiger partial charge in [-0.1, -0.05) is 17.7 Å². The van der Waals surface area contributed by atoms with E-state index in [9.17, 15) is 9.50 Å². The molecule has 0 radical (unpaired) electrons. The molecule has 17 heavy (non-hydrogen) atoms. The van der Waals surface area contributed by atoms with Crippen molar-refractivity contribution in [3.63, 3.8) is 0 Å². The van der Waals surface area contributed by atoms with Gasteiger partial charge in [0.1, 0.15) is 5.82 Å². The summed E-state index contributed by atoms with van der Waals surface area (Å²) < 4.78 is 18.8. The van der Waals surface area contributed by atoms with Crippen molar-refractivity contribution in [2.24, 2.45) is 0 Å². The standard InChI is InChI=1S/C12H13ClFNO2/c1-7(16)8(2)17-11(6-15)12-9(13)4-3-5-10(12)14/h3-5,7-8,11,16H,1-2H3. The number of ether oxygens (including phenoxy) is 1. The summed E-state index contributed by atoms with van der Waals surface area (Å²) in [7, 11) is 0. The number of nitriles is 1. The second kappa shape index (κ2) is 5.97. The molecule has 1 aromatic rings. The molecule has 3 nitrogen and oxygen atoms in total. The van der Waals surface area contributed by atoms with Crippen LogP contribution < -0.4 is 0 Å². The molecule has 3 atom stereocenters. The fraction of sp³-hybridized carbons (Fsp3) is 0.417. The fourth-order valence-electron chi connectivity index (χ4n) is 1.25. The molecule has 0 bridgehead atoms. The predicted octanol–water partition coefficient (Wildman–Crippen LogP) is 2.83. The summed E-state index contributed by atoms with van der Waals surface area (Å²) in [6.07, 6.45) is -2.47. The Bertz CT molecular complexity index is 411. The molecule has 0 aliphatic heterocycles. The van der Waals surface area contributed by atoms with Gasteiger partial charge in [-0.25, -0.2) is 4.39 Å². The molecule has 0 aromatic heterocycles. The first-order valence-electron chi connectivity index (χ1n) is 5.14. The first-order chi connectivity index (χ1) is 7.97. The Morgan fingerprint density at radius 3 is 2.59 bits per heavy atom. The molecule has 0 heterocycles. The third-order valence-electron chi connectivity index (χ3n) is 2.41. The summed E-state index contributed by atoms with van der Waals surface area (Å²) in [6.45, 7) is 3.13. The summed E-state index contributed by atoms with van der Waals surface area (Å²) in [5, 5.41) is 18.4. The van der Waals surface area contributed by atoms with Crippen molar-refractivity contribution in [1.82, 2.24) is 0 Å². The van der Waals surface area contributed by atoms with E-state index in [-0.39, 0.29) is 10.6 Å². The van der Waals surface area contributed by atoms with Gasteiger partial charge in [0.05, 0.1) is 23.3 Å². The SMILES string of the molecule is CC(O)C(C)OC(C#N)c1c(F)cccc1Cl. The number of nitrogens with zero attached hydrogens (tertiary/aromatic N) is 1. The number of halogens is 2. The molecule has 1 aromatic carbocycles. The van der Waals surface area contributed by atoms with Gasteiger partial charge >= 0.3 is 0 Å². The van der Waals surface area contributed by atoms with Gasteiger partial charge < -0.3 is 9.84 Å². The van der Waals surface area contributed by atoms with Crippen LogP contribution in [0.2, 0.25) is 5.02 Å². The monoisotopic (exact) mass is 257 g/mol. The Labute approximate surface area is 104 Å². The lowest BCUT2D eigenvalue weighted by atomic mass is 10.1. The van der Waals surface area contributed by atoms with E-state index in [2.05, 4.69) is 0 Å². The number of aliphatic hydroxyl groups is 1. The molecule has 1 rings (SSSR count). The Hall–Kier alpha value is -1.15. The summed E-state index contributed by atoms with van der Waals surface area (Å²) in [5.74, 6) is -0.596. The average molecular weight is 258 g/mol. The molecule has 0 aliphatic rings. The largest absolute Gasteiger partial charge is 0.391 e. The maximum atomic E-state index is 13.6. The van der Waals surface area contributed by atoms with E-state index >= 15 is 0 Å². The van der Waals surface area contributed by atoms with Gasteiger partial charge in [0.25, 0.3) is 0 Å². The zero-order chi connectivity index (χ0) is 13.0. The van der Waals surface area contributed by atoms with Crippen molar-refractivity contribution >= 4 is 11.6 Å². The Kier molecular flexibility index (Phi) is 4.88. The molecule has 3 unspecified atom stereocenters. The van der Waals surface area contributed by atoms with Crippen LogP contribution in [0.3, 0.4) is 0 Å². The highest BCUT2D eigenvalue weighted by Gasteiger charge is 2.23. The lowest BCUT2D eigenvalue weighted by Gasteiger charge is -2.20. The summed E-state index contributed by atoms with van der Waals surface area (Å²) in [6, 6.07) is 5.98. The maximum Gasteiger partial charge on any atom is 0.173 e. The highest BCUT2D eigenvalue weighted by atomic mass is 35.5. The van der Waals surface area contributed by atoms with Crippen molar-refractivity contribution in [2.45, 2.75) is 32.2 Å². The number of aliphatic hydroxyl groups excluding tert-OH is 1. The first kappa shape index (κ1) is 13.9. The molecule has 0 saturated carbocycles.